The molecule has 0 spiro atoms. The van der Waals surface area contributed by atoms with Gasteiger partial charge in [0.15, 0.2) is 5.82 Å². The smallest absolute Gasteiger partial charge is 0.335 e. The lowest BCUT2D eigenvalue weighted by Gasteiger charge is -2.09. The van der Waals surface area contributed by atoms with Crippen molar-refractivity contribution in [2.24, 2.45) is 7.05 Å². The van der Waals surface area contributed by atoms with Gasteiger partial charge in [0.1, 0.15) is 0 Å². The fraction of sp³-hybridized carbons (Fsp3) is 0.0667. The van der Waals surface area contributed by atoms with Gasteiger partial charge >= 0.3 is 5.97 Å². The number of nitrogens with one attached hydrogen (secondary N) is 1. The monoisotopic (exact) mass is 359 g/mol. The van der Waals surface area contributed by atoms with Crippen molar-refractivity contribution in [2.75, 3.05) is 4.72 Å². The summed E-state index contributed by atoms with van der Waals surface area (Å²) in [5.41, 5.74) is 0.993. The zero-order valence-electron chi connectivity index (χ0n) is 13.0. The van der Waals surface area contributed by atoms with Gasteiger partial charge in [-0.2, -0.15) is 0 Å². The Labute approximate surface area is 143 Å². The lowest BCUT2D eigenvalue weighted by atomic mass is 10.2. The Morgan fingerprint density at radius 2 is 1.88 bits per heavy atom. The summed E-state index contributed by atoms with van der Waals surface area (Å²) in [6, 6.07) is 11.6. The topological polar surface area (TPSA) is 127 Å². The van der Waals surface area contributed by atoms with Gasteiger partial charge in [-0.3, -0.25) is 4.72 Å². The Morgan fingerprint density at radius 1 is 1.16 bits per heavy atom. The van der Waals surface area contributed by atoms with E-state index in [1.165, 1.54) is 28.9 Å². The van der Waals surface area contributed by atoms with E-state index in [1.54, 1.807) is 31.3 Å². The summed E-state index contributed by atoms with van der Waals surface area (Å²) in [6.45, 7) is 0. The number of aryl methyl sites for hydroxylation is 1. The van der Waals surface area contributed by atoms with Crippen molar-refractivity contribution in [3.63, 3.8) is 0 Å². The van der Waals surface area contributed by atoms with Crippen LogP contribution in [0.1, 0.15) is 10.4 Å². The van der Waals surface area contributed by atoms with Crippen molar-refractivity contribution < 1.29 is 18.3 Å². The van der Waals surface area contributed by atoms with Crippen LogP contribution in [0.3, 0.4) is 0 Å². The van der Waals surface area contributed by atoms with E-state index in [9.17, 15) is 13.2 Å². The molecule has 0 atom stereocenters. The molecule has 2 aromatic carbocycles. The highest BCUT2D eigenvalue weighted by molar-refractivity contribution is 7.92. The SMILES string of the molecule is Cn1nnnc1-c1cccc(NS(=O)(=O)c2ccc(C(=O)O)cc2)c1. The highest BCUT2D eigenvalue weighted by atomic mass is 32.2. The van der Waals surface area contributed by atoms with Crippen LogP contribution in [0, 0.1) is 0 Å². The second-order valence-corrected chi connectivity index (χ2v) is 6.82. The third-order valence-corrected chi connectivity index (χ3v) is 4.80. The van der Waals surface area contributed by atoms with Gasteiger partial charge in [-0.15, -0.1) is 5.10 Å². The molecule has 0 aliphatic rings. The van der Waals surface area contributed by atoms with E-state index in [2.05, 4.69) is 20.2 Å². The summed E-state index contributed by atoms with van der Waals surface area (Å²) in [4.78, 5) is 10.8. The number of hydrogen-bond acceptors (Lipinski definition) is 6. The first-order valence-electron chi connectivity index (χ1n) is 7.06. The standard InChI is InChI=1S/C15H13N5O4S/c1-20-14(16-18-19-20)11-3-2-4-12(9-11)17-25(23,24)13-7-5-10(6-8-13)15(21)22/h2-9,17H,1H3,(H,21,22). The number of sulfonamides is 1. The number of carboxylic acids is 1. The maximum Gasteiger partial charge on any atom is 0.335 e. The number of carboxylic acid groups (broad SMARTS) is 1. The average Bonchev–Trinajstić information content (AvgIpc) is 3.01. The molecule has 3 rings (SSSR count). The molecule has 128 valence electrons. The van der Waals surface area contributed by atoms with Crippen LogP contribution < -0.4 is 4.72 Å². The molecule has 2 N–H and O–H groups in total. The van der Waals surface area contributed by atoms with Gasteiger partial charge in [0.05, 0.1) is 10.5 Å². The molecule has 9 nitrogen and oxygen atoms in total. The second-order valence-electron chi connectivity index (χ2n) is 5.14. The van der Waals surface area contributed by atoms with Gasteiger partial charge in [0.25, 0.3) is 10.0 Å². The van der Waals surface area contributed by atoms with E-state index in [0.717, 1.165) is 0 Å². The zero-order chi connectivity index (χ0) is 18.0. The summed E-state index contributed by atoms with van der Waals surface area (Å²) >= 11 is 0. The number of hydrogen-bond donors (Lipinski definition) is 2. The Morgan fingerprint density at radius 3 is 2.48 bits per heavy atom. The summed E-state index contributed by atoms with van der Waals surface area (Å²) in [7, 11) is -2.18. The predicted octanol–water partition coefficient (Wildman–Crippen LogP) is 1.38. The van der Waals surface area contributed by atoms with Crippen molar-refractivity contribution in [3.8, 4) is 11.4 Å². The van der Waals surface area contributed by atoms with Crippen LogP contribution in [-0.2, 0) is 17.1 Å². The molecular weight excluding hydrogens is 346 g/mol. The molecule has 0 bridgehead atoms. The number of nitrogens with zero attached hydrogens (tertiary/aromatic N) is 4. The van der Waals surface area contributed by atoms with Crippen molar-refractivity contribution >= 4 is 21.7 Å². The van der Waals surface area contributed by atoms with E-state index in [0.29, 0.717) is 17.1 Å². The largest absolute Gasteiger partial charge is 0.478 e. The molecule has 0 aliphatic heterocycles. The van der Waals surface area contributed by atoms with Gasteiger partial charge in [0.2, 0.25) is 0 Å². The molecular formula is C15H13N5O4S. The molecule has 10 heteroatoms. The molecule has 0 unspecified atom stereocenters. The van der Waals surface area contributed by atoms with Gasteiger partial charge in [-0.25, -0.2) is 17.9 Å². The first kappa shape index (κ1) is 16.6. The van der Waals surface area contributed by atoms with Crippen LogP contribution in [0.25, 0.3) is 11.4 Å². The normalized spacial score (nSPS) is 11.2. The number of tetrazole rings is 1. The molecule has 0 radical (unpaired) electrons. The fourth-order valence-electron chi connectivity index (χ4n) is 2.19. The Kier molecular flexibility index (Phi) is 4.19. The van der Waals surface area contributed by atoms with Crippen molar-refractivity contribution in [2.45, 2.75) is 4.90 Å². The number of carbonyl (C=O) groups is 1. The summed E-state index contributed by atoms with van der Waals surface area (Å²) in [6.07, 6.45) is 0. The van der Waals surface area contributed by atoms with E-state index >= 15 is 0 Å². The summed E-state index contributed by atoms with van der Waals surface area (Å²) < 4.78 is 28.8. The zero-order valence-corrected chi connectivity index (χ0v) is 13.8. The molecule has 0 fully saturated rings. The van der Waals surface area contributed by atoms with Crippen LogP contribution in [0.2, 0.25) is 0 Å². The Balaban J connectivity index is 1.88. The number of benzene rings is 2. The lowest BCUT2D eigenvalue weighted by Crippen LogP contribution is -2.13. The third-order valence-electron chi connectivity index (χ3n) is 3.40. The second kappa shape index (κ2) is 6.32. The minimum absolute atomic E-state index is 0.00993. The molecule has 0 aliphatic carbocycles. The van der Waals surface area contributed by atoms with Gasteiger partial charge < -0.3 is 5.11 Å². The minimum Gasteiger partial charge on any atom is -0.478 e. The first-order chi connectivity index (χ1) is 11.9. The Bertz CT molecular complexity index is 1030. The van der Waals surface area contributed by atoms with Gasteiger partial charge in [-0.1, -0.05) is 12.1 Å². The van der Waals surface area contributed by atoms with E-state index in [4.69, 9.17) is 5.11 Å². The first-order valence-corrected chi connectivity index (χ1v) is 8.54. The maximum atomic E-state index is 12.4. The molecule has 1 heterocycles. The van der Waals surface area contributed by atoms with Crippen molar-refractivity contribution in [1.82, 2.24) is 20.2 Å². The summed E-state index contributed by atoms with van der Waals surface area (Å²) in [5, 5.41) is 20.0. The van der Waals surface area contributed by atoms with Gasteiger partial charge in [0, 0.05) is 18.3 Å². The van der Waals surface area contributed by atoms with Crippen LogP contribution in [0.5, 0.6) is 0 Å². The van der Waals surface area contributed by atoms with E-state index in [-0.39, 0.29) is 10.5 Å². The summed E-state index contributed by atoms with van der Waals surface area (Å²) in [5.74, 6) is -0.631. The van der Waals surface area contributed by atoms with E-state index in [1.807, 2.05) is 0 Å². The molecule has 3 aromatic rings. The quantitative estimate of drug-likeness (QED) is 0.704. The predicted molar refractivity (Wildman–Crippen MR) is 88.4 cm³/mol. The van der Waals surface area contributed by atoms with Crippen molar-refractivity contribution in [3.05, 3.63) is 54.1 Å². The highest BCUT2D eigenvalue weighted by Gasteiger charge is 2.16. The van der Waals surface area contributed by atoms with Crippen LogP contribution in [-0.4, -0.2) is 39.7 Å². The highest BCUT2D eigenvalue weighted by Crippen LogP contribution is 2.22. The molecule has 25 heavy (non-hydrogen) atoms. The molecule has 0 amide bonds. The molecule has 0 saturated carbocycles. The molecule has 0 saturated heterocycles. The molecule has 1 aromatic heterocycles. The third kappa shape index (κ3) is 3.48. The number of rotatable bonds is 5. The number of aromatic nitrogens is 4. The van der Waals surface area contributed by atoms with Crippen LogP contribution >= 0.6 is 0 Å². The number of aromatic carboxylic acids is 1. The lowest BCUT2D eigenvalue weighted by molar-refractivity contribution is 0.0696. The van der Waals surface area contributed by atoms with Gasteiger partial charge in [-0.05, 0) is 46.8 Å². The minimum atomic E-state index is -3.85. The fourth-order valence-corrected chi connectivity index (χ4v) is 3.24. The van der Waals surface area contributed by atoms with Crippen LogP contribution in [0.4, 0.5) is 5.69 Å². The maximum absolute atomic E-state index is 12.4. The van der Waals surface area contributed by atoms with Crippen LogP contribution in [0.15, 0.2) is 53.4 Å². The van der Waals surface area contributed by atoms with E-state index < -0.39 is 16.0 Å². The average molecular weight is 359 g/mol. The van der Waals surface area contributed by atoms with Crippen molar-refractivity contribution in [1.29, 1.82) is 0 Å². The Hall–Kier alpha value is -3.27. The number of anilines is 1.